The molecule has 29 heavy (non-hydrogen) atoms. The number of rotatable bonds is 7. The second-order valence-electron chi connectivity index (χ2n) is 7.59. The molecule has 0 saturated carbocycles. The maximum absolute atomic E-state index is 13.0. The third-order valence-electron chi connectivity index (χ3n) is 5.13. The molecule has 2 aromatic rings. The molecule has 0 aliphatic carbocycles. The first kappa shape index (κ1) is 20.7. The number of hydrogen-bond acceptors (Lipinski definition) is 4. The molecule has 1 saturated heterocycles. The lowest BCUT2D eigenvalue weighted by molar-refractivity contribution is -0.130. The summed E-state index contributed by atoms with van der Waals surface area (Å²) in [7, 11) is 5.17. The molecule has 0 radical (unpaired) electrons. The van der Waals surface area contributed by atoms with Crippen LogP contribution in [0.4, 0.5) is 5.69 Å². The summed E-state index contributed by atoms with van der Waals surface area (Å²) in [6, 6.07) is 15.3. The molecule has 3 rings (SSSR count). The minimum absolute atomic E-state index is 0.0519. The van der Waals surface area contributed by atoms with Crippen molar-refractivity contribution in [2.45, 2.75) is 19.4 Å². The van der Waals surface area contributed by atoms with E-state index in [4.69, 9.17) is 4.74 Å². The van der Waals surface area contributed by atoms with Gasteiger partial charge in [-0.3, -0.25) is 9.59 Å². The Kier molecular flexibility index (Phi) is 6.75. The van der Waals surface area contributed by atoms with Crippen molar-refractivity contribution in [1.82, 2.24) is 9.80 Å². The van der Waals surface area contributed by atoms with Gasteiger partial charge in [-0.05, 0) is 42.7 Å². The molecule has 0 atom stereocenters. The van der Waals surface area contributed by atoms with Gasteiger partial charge in [-0.2, -0.15) is 0 Å². The molecule has 2 amide bonds. The van der Waals surface area contributed by atoms with E-state index in [1.54, 1.807) is 43.3 Å². The van der Waals surface area contributed by atoms with E-state index >= 15 is 0 Å². The van der Waals surface area contributed by atoms with Crippen molar-refractivity contribution >= 4 is 17.5 Å². The standard InChI is InChI=1S/C23H29N3O3/c1-24(2)22(27)17-29-20-11-8-10-18(15-20)23(28)25(3)16-19-9-4-5-12-21(19)26-13-6-7-14-26/h4-5,8-12,15H,6-7,13-14,16-17H2,1-3H3. The zero-order valence-electron chi connectivity index (χ0n) is 17.4. The van der Waals surface area contributed by atoms with Gasteiger partial charge in [-0.15, -0.1) is 0 Å². The number of amides is 2. The second kappa shape index (κ2) is 9.45. The van der Waals surface area contributed by atoms with Crippen LogP contribution in [0.15, 0.2) is 48.5 Å². The zero-order chi connectivity index (χ0) is 20.8. The van der Waals surface area contributed by atoms with Crippen LogP contribution in [0.5, 0.6) is 5.75 Å². The van der Waals surface area contributed by atoms with Gasteiger partial charge >= 0.3 is 0 Å². The Hall–Kier alpha value is -3.02. The lowest BCUT2D eigenvalue weighted by Crippen LogP contribution is -2.28. The van der Waals surface area contributed by atoms with E-state index in [9.17, 15) is 9.59 Å². The van der Waals surface area contributed by atoms with E-state index < -0.39 is 0 Å². The van der Waals surface area contributed by atoms with E-state index in [-0.39, 0.29) is 18.4 Å². The summed E-state index contributed by atoms with van der Waals surface area (Å²) in [6.45, 7) is 2.62. The van der Waals surface area contributed by atoms with Gasteiger partial charge in [0.1, 0.15) is 5.75 Å². The number of para-hydroxylation sites is 1. The summed E-state index contributed by atoms with van der Waals surface area (Å²) in [5.74, 6) is 0.305. The third kappa shape index (κ3) is 5.28. The number of carbonyl (C=O) groups excluding carboxylic acids is 2. The van der Waals surface area contributed by atoms with E-state index in [1.807, 2.05) is 13.1 Å². The Labute approximate surface area is 172 Å². The van der Waals surface area contributed by atoms with Crippen molar-refractivity contribution in [2.75, 3.05) is 45.7 Å². The highest BCUT2D eigenvalue weighted by Crippen LogP contribution is 2.26. The number of hydrogen-bond donors (Lipinski definition) is 0. The average Bonchev–Trinajstić information content (AvgIpc) is 3.26. The van der Waals surface area contributed by atoms with Gasteiger partial charge in [0.15, 0.2) is 6.61 Å². The average molecular weight is 396 g/mol. The van der Waals surface area contributed by atoms with Crippen molar-refractivity contribution in [2.24, 2.45) is 0 Å². The van der Waals surface area contributed by atoms with Crippen LogP contribution in [0.1, 0.15) is 28.8 Å². The van der Waals surface area contributed by atoms with Crippen LogP contribution in [0.3, 0.4) is 0 Å². The quantitative estimate of drug-likeness (QED) is 0.723. The SMILES string of the molecule is CN(C)C(=O)COc1cccc(C(=O)N(C)Cc2ccccc2N2CCCC2)c1. The molecule has 6 heteroatoms. The molecule has 0 spiro atoms. The smallest absolute Gasteiger partial charge is 0.259 e. The molecule has 0 unspecified atom stereocenters. The molecule has 1 aliphatic heterocycles. The summed E-state index contributed by atoms with van der Waals surface area (Å²) in [5.41, 5.74) is 2.90. The van der Waals surface area contributed by atoms with Gasteiger partial charge < -0.3 is 19.4 Å². The second-order valence-corrected chi connectivity index (χ2v) is 7.59. The van der Waals surface area contributed by atoms with Crippen LogP contribution >= 0.6 is 0 Å². The lowest BCUT2D eigenvalue weighted by atomic mass is 10.1. The van der Waals surface area contributed by atoms with Gasteiger partial charge in [0.2, 0.25) is 0 Å². The highest BCUT2D eigenvalue weighted by Gasteiger charge is 2.18. The molecule has 1 aliphatic rings. The first-order chi connectivity index (χ1) is 14.0. The maximum Gasteiger partial charge on any atom is 0.259 e. The van der Waals surface area contributed by atoms with Gasteiger partial charge in [0, 0.05) is 52.0 Å². The largest absolute Gasteiger partial charge is 0.484 e. The van der Waals surface area contributed by atoms with Gasteiger partial charge in [-0.1, -0.05) is 24.3 Å². The molecule has 154 valence electrons. The monoisotopic (exact) mass is 395 g/mol. The van der Waals surface area contributed by atoms with Crippen molar-refractivity contribution in [3.05, 3.63) is 59.7 Å². The van der Waals surface area contributed by atoms with Crippen LogP contribution in [0, 0.1) is 0 Å². The third-order valence-corrected chi connectivity index (χ3v) is 5.13. The van der Waals surface area contributed by atoms with Crippen LogP contribution < -0.4 is 9.64 Å². The summed E-state index contributed by atoms with van der Waals surface area (Å²) >= 11 is 0. The van der Waals surface area contributed by atoms with Gasteiger partial charge in [-0.25, -0.2) is 0 Å². The van der Waals surface area contributed by atoms with E-state index in [0.29, 0.717) is 17.9 Å². The van der Waals surface area contributed by atoms with Gasteiger partial charge in [0.25, 0.3) is 11.8 Å². The maximum atomic E-state index is 13.0. The van der Waals surface area contributed by atoms with Crippen molar-refractivity contribution in [1.29, 1.82) is 0 Å². The predicted octanol–water partition coefficient (Wildman–Crippen LogP) is 3.03. The number of nitrogens with zero attached hydrogens (tertiary/aromatic N) is 3. The molecule has 0 N–H and O–H groups in total. The zero-order valence-corrected chi connectivity index (χ0v) is 17.4. The fourth-order valence-corrected chi connectivity index (χ4v) is 3.45. The van der Waals surface area contributed by atoms with E-state index in [0.717, 1.165) is 18.7 Å². The molecule has 0 bridgehead atoms. The van der Waals surface area contributed by atoms with Crippen LogP contribution in [0.2, 0.25) is 0 Å². The topological polar surface area (TPSA) is 53.1 Å². The van der Waals surface area contributed by atoms with Crippen LogP contribution in [0.25, 0.3) is 0 Å². The van der Waals surface area contributed by atoms with Gasteiger partial charge in [0.05, 0.1) is 0 Å². The Morgan fingerprint density at radius 2 is 1.72 bits per heavy atom. The Balaban J connectivity index is 1.68. The molecule has 1 fully saturated rings. The van der Waals surface area contributed by atoms with Crippen LogP contribution in [-0.4, -0.2) is 62.5 Å². The predicted molar refractivity (Wildman–Crippen MR) is 114 cm³/mol. The van der Waals surface area contributed by atoms with E-state index in [1.165, 1.54) is 23.4 Å². The molecule has 6 nitrogen and oxygen atoms in total. The summed E-state index contributed by atoms with van der Waals surface area (Å²) in [5, 5.41) is 0. The Bertz CT molecular complexity index is 860. The number of ether oxygens (including phenoxy) is 1. The van der Waals surface area contributed by atoms with Crippen molar-refractivity contribution < 1.29 is 14.3 Å². The van der Waals surface area contributed by atoms with E-state index in [2.05, 4.69) is 23.1 Å². The number of likely N-dealkylation sites (N-methyl/N-ethyl adjacent to an activating group) is 1. The number of benzene rings is 2. The molecule has 1 heterocycles. The summed E-state index contributed by atoms with van der Waals surface area (Å²) in [6.07, 6.45) is 2.43. The van der Waals surface area contributed by atoms with Crippen molar-refractivity contribution in [3.63, 3.8) is 0 Å². The number of anilines is 1. The molecule has 2 aromatic carbocycles. The molecule has 0 aromatic heterocycles. The summed E-state index contributed by atoms with van der Waals surface area (Å²) < 4.78 is 5.54. The highest BCUT2D eigenvalue weighted by molar-refractivity contribution is 5.94. The van der Waals surface area contributed by atoms with Crippen LogP contribution in [-0.2, 0) is 11.3 Å². The highest BCUT2D eigenvalue weighted by atomic mass is 16.5. The normalized spacial score (nSPS) is 13.3. The first-order valence-corrected chi connectivity index (χ1v) is 9.97. The molecular formula is C23H29N3O3. The first-order valence-electron chi connectivity index (χ1n) is 9.97. The fourth-order valence-electron chi connectivity index (χ4n) is 3.45. The Morgan fingerprint density at radius 1 is 1.00 bits per heavy atom. The minimum atomic E-state index is -0.127. The lowest BCUT2D eigenvalue weighted by Gasteiger charge is -2.24. The fraction of sp³-hybridized carbons (Fsp3) is 0.391. The summed E-state index contributed by atoms with van der Waals surface area (Å²) in [4.78, 5) is 30.3. The number of carbonyl (C=O) groups is 2. The van der Waals surface area contributed by atoms with Crippen molar-refractivity contribution in [3.8, 4) is 5.75 Å². The Morgan fingerprint density at radius 3 is 2.45 bits per heavy atom. The minimum Gasteiger partial charge on any atom is -0.484 e. The molecular weight excluding hydrogens is 366 g/mol.